The standard InChI is InChI=1S/C25H37NO3/c1-3-14-22(26-29-17-4-2)25-23(27)18-21(19-24(25)28)20-15-12-10-8-6-5-7-9-11-13-16-20/h4,6,8-9,11,20-21,27H,2-3,5,7,10,12-19H2,1H3/b8-6+,11-9+,26-22?. The maximum atomic E-state index is 13.0. The van der Waals surface area contributed by atoms with Crippen LogP contribution in [0.5, 0.6) is 0 Å². The molecule has 4 heteroatoms. The molecule has 2 aliphatic carbocycles. The Balaban J connectivity index is 2.13. The molecule has 2 atom stereocenters. The number of nitrogens with zero attached hydrogens (tertiary/aromatic N) is 1. The monoisotopic (exact) mass is 399 g/mol. The maximum Gasteiger partial charge on any atom is 0.168 e. The molecular weight excluding hydrogens is 362 g/mol. The quantitative estimate of drug-likeness (QED) is 0.227. The van der Waals surface area contributed by atoms with Gasteiger partial charge in [-0.1, -0.05) is 55.5 Å². The molecule has 0 spiro atoms. The van der Waals surface area contributed by atoms with Crippen molar-refractivity contribution in [1.82, 2.24) is 0 Å². The summed E-state index contributed by atoms with van der Waals surface area (Å²) in [5.74, 6) is 0.879. The fourth-order valence-corrected chi connectivity index (χ4v) is 4.29. The molecule has 2 unspecified atom stereocenters. The minimum absolute atomic E-state index is 0.00899. The van der Waals surface area contributed by atoms with E-state index in [0.29, 0.717) is 43.1 Å². The molecule has 1 N–H and O–H groups in total. The van der Waals surface area contributed by atoms with E-state index in [2.05, 4.69) is 36.0 Å². The second-order valence-electron chi connectivity index (χ2n) is 8.07. The number of oxime groups is 1. The van der Waals surface area contributed by atoms with E-state index in [-0.39, 0.29) is 17.5 Å². The summed E-state index contributed by atoms with van der Waals surface area (Å²) in [6.07, 6.45) is 20.9. The van der Waals surface area contributed by atoms with Gasteiger partial charge in [0.15, 0.2) is 5.78 Å². The third-order valence-electron chi connectivity index (χ3n) is 5.76. The molecule has 0 heterocycles. The van der Waals surface area contributed by atoms with Crippen LogP contribution >= 0.6 is 0 Å². The number of Topliss-reactive ketones (excluding diaryl/α,β-unsaturated/α-hetero) is 1. The zero-order valence-electron chi connectivity index (χ0n) is 17.9. The van der Waals surface area contributed by atoms with Gasteiger partial charge < -0.3 is 9.94 Å². The van der Waals surface area contributed by atoms with E-state index in [0.717, 1.165) is 51.4 Å². The molecule has 0 aliphatic heterocycles. The van der Waals surface area contributed by atoms with Gasteiger partial charge in [0.2, 0.25) is 0 Å². The first kappa shape index (κ1) is 23.2. The van der Waals surface area contributed by atoms with Crippen LogP contribution in [0.15, 0.2) is 53.4 Å². The van der Waals surface area contributed by atoms with E-state index in [1.54, 1.807) is 6.08 Å². The Morgan fingerprint density at radius 3 is 2.55 bits per heavy atom. The van der Waals surface area contributed by atoms with Crippen LogP contribution in [0.25, 0.3) is 0 Å². The van der Waals surface area contributed by atoms with Crippen molar-refractivity contribution in [2.75, 3.05) is 6.61 Å². The van der Waals surface area contributed by atoms with Crippen molar-refractivity contribution in [1.29, 1.82) is 0 Å². The van der Waals surface area contributed by atoms with Crippen molar-refractivity contribution in [3.8, 4) is 0 Å². The molecule has 29 heavy (non-hydrogen) atoms. The van der Waals surface area contributed by atoms with Crippen LogP contribution in [-0.2, 0) is 9.63 Å². The molecule has 0 bridgehead atoms. The SMILES string of the molecule is C=CCON=C(CCC)C1=C(O)CC(C2CC/C=C/CC/C=C/CCC2)CC1=O. The van der Waals surface area contributed by atoms with Crippen molar-refractivity contribution in [2.24, 2.45) is 17.0 Å². The molecule has 0 fully saturated rings. The number of carbonyl (C=O) groups is 1. The van der Waals surface area contributed by atoms with Crippen LogP contribution in [0, 0.1) is 11.8 Å². The third kappa shape index (κ3) is 7.68. The number of hydrogen-bond donors (Lipinski definition) is 1. The Labute approximate surface area is 176 Å². The summed E-state index contributed by atoms with van der Waals surface area (Å²) in [5, 5.41) is 14.9. The number of aliphatic hydroxyl groups excluding tert-OH is 1. The van der Waals surface area contributed by atoms with Crippen molar-refractivity contribution >= 4 is 11.5 Å². The van der Waals surface area contributed by atoms with Crippen LogP contribution in [0.4, 0.5) is 0 Å². The van der Waals surface area contributed by atoms with Gasteiger partial charge in [0.25, 0.3) is 0 Å². The van der Waals surface area contributed by atoms with Crippen molar-refractivity contribution < 1.29 is 14.7 Å². The first-order valence-corrected chi connectivity index (χ1v) is 11.2. The van der Waals surface area contributed by atoms with Gasteiger partial charge in [-0.15, -0.1) is 0 Å². The van der Waals surface area contributed by atoms with Gasteiger partial charge in [0.1, 0.15) is 12.4 Å². The average molecular weight is 400 g/mol. The molecule has 0 aromatic rings. The Morgan fingerprint density at radius 2 is 1.86 bits per heavy atom. The number of ketones is 1. The topological polar surface area (TPSA) is 58.9 Å². The number of carbonyl (C=O) groups excluding carboxylic acids is 1. The van der Waals surface area contributed by atoms with Gasteiger partial charge in [-0.25, -0.2) is 0 Å². The van der Waals surface area contributed by atoms with E-state index < -0.39 is 0 Å². The molecule has 0 saturated heterocycles. The fraction of sp³-hybridized carbons (Fsp3) is 0.600. The Morgan fingerprint density at radius 1 is 1.14 bits per heavy atom. The van der Waals surface area contributed by atoms with Crippen LogP contribution < -0.4 is 0 Å². The minimum Gasteiger partial charge on any atom is -0.511 e. The molecule has 0 amide bonds. The molecule has 2 aliphatic rings. The van der Waals surface area contributed by atoms with E-state index >= 15 is 0 Å². The Hall–Kier alpha value is -2.10. The first-order chi connectivity index (χ1) is 14.2. The van der Waals surface area contributed by atoms with E-state index in [1.165, 1.54) is 0 Å². The van der Waals surface area contributed by atoms with Crippen molar-refractivity contribution in [2.45, 2.75) is 77.6 Å². The second-order valence-corrected chi connectivity index (χ2v) is 8.07. The molecular formula is C25H37NO3. The predicted octanol–water partition coefficient (Wildman–Crippen LogP) is 6.61. The van der Waals surface area contributed by atoms with E-state index in [9.17, 15) is 9.90 Å². The summed E-state index contributed by atoms with van der Waals surface area (Å²) >= 11 is 0. The van der Waals surface area contributed by atoms with Crippen LogP contribution in [0.2, 0.25) is 0 Å². The number of allylic oxidation sites excluding steroid dienone is 6. The lowest BCUT2D eigenvalue weighted by Crippen LogP contribution is -2.29. The van der Waals surface area contributed by atoms with Gasteiger partial charge in [-0.2, -0.15) is 0 Å². The predicted molar refractivity (Wildman–Crippen MR) is 120 cm³/mol. The van der Waals surface area contributed by atoms with Crippen molar-refractivity contribution in [3.63, 3.8) is 0 Å². The Kier molecular flexibility index (Phi) is 10.5. The molecule has 160 valence electrons. The van der Waals surface area contributed by atoms with E-state index in [1.807, 2.05) is 6.92 Å². The highest BCUT2D eigenvalue weighted by Crippen LogP contribution is 2.37. The third-order valence-corrected chi connectivity index (χ3v) is 5.76. The largest absolute Gasteiger partial charge is 0.511 e. The van der Waals surface area contributed by atoms with Gasteiger partial charge in [-0.05, 0) is 63.2 Å². The minimum atomic E-state index is 0.00899. The molecule has 4 nitrogen and oxygen atoms in total. The second kappa shape index (κ2) is 13.2. The lowest BCUT2D eigenvalue weighted by Gasteiger charge is -2.31. The summed E-state index contributed by atoms with van der Waals surface area (Å²) in [7, 11) is 0. The fourth-order valence-electron chi connectivity index (χ4n) is 4.29. The lowest BCUT2D eigenvalue weighted by atomic mass is 9.74. The van der Waals surface area contributed by atoms with Crippen molar-refractivity contribution in [3.05, 3.63) is 48.3 Å². The zero-order chi connectivity index (χ0) is 20.9. The number of hydrogen-bond acceptors (Lipinski definition) is 4. The zero-order valence-corrected chi connectivity index (χ0v) is 17.9. The lowest BCUT2D eigenvalue weighted by molar-refractivity contribution is -0.117. The van der Waals surface area contributed by atoms with Gasteiger partial charge >= 0.3 is 0 Å². The highest BCUT2D eigenvalue weighted by Gasteiger charge is 2.34. The molecule has 2 rings (SSSR count). The van der Waals surface area contributed by atoms with Gasteiger partial charge in [-0.3, -0.25) is 4.79 Å². The number of rotatable bonds is 7. The first-order valence-electron chi connectivity index (χ1n) is 11.2. The summed E-state index contributed by atoms with van der Waals surface area (Å²) < 4.78 is 0. The highest BCUT2D eigenvalue weighted by atomic mass is 16.6. The normalized spacial score (nSPS) is 26.9. The number of aliphatic hydroxyl groups is 1. The summed E-state index contributed by atoms with van der Waals surface area (Å²) in [4.78, 5) is 18.2. The summed E-state index contributed by atoms with van der Waals surface area (Å²) in [6.45, 7) is 5.94. The molecule has 0 aromatic carbocycles. The van der Waals surface area contributed by atoms with Crippen LogP contribution in [0.1, 0.15) is 77.6 Å². The molecule has 0 saturated carbocycles. The molecule has 0 aromatic heterocycles. The highest BCUT2D eigenvalue weighted by molar-refractivity contribution is 6.23. The smallest absolute Gasteiger partial charge is 0.168 e. The summed E-state index contributed by atoms with van der Waals surface area (Å²) in [5.41, 5.74) is 0.963. The van der Waals surface area contributed by atoms with E-state index in [4.69, 9.17) is 4.84 Å². The average Bonchev–Trinajstić information content (AvgIpc) is 2.68. The van der Waals surface area contributed by atoms with Crippen LogP contribution in [-0.4, -0.2) is 23.2 Å². The Bertz CT molecular complexity index is 657. The summed E-state index contributed by atoms with van der Waals surface area (Å²) in [6, 6.07) is 0. The van der Waals surface area contributed by atoms with Crippen LogP contribution in [0.3, 0.4) is 0 Å². The van der Waals surface area contributed by atoms with Gasteiger partial charge in [0, 0.05) is 12.8 Å². The molecule has 0 radical (unpaired) electrons. The van der Waals surface area contributed by atoms with Gasteiger partial charge in [0.05, 0.1) is 11.3 Å². The maximum absolute atomic E-state index is 13.0.